The molecule has 0 heterocycles. The molecule has 0 bridgehead atoms. The summed E-state index contributed by atoms with van der Waals surface area (Å²) in [5.74, 6) is 0.0231. The first-order valence-corrected chi connectivity index (χ1v) is 6.46. The van der Waals surface area contributed by atoms with Gasteiger partial charge in [0, 0.05) is 13.6 Å². The molecule has 0 aliphatic heterocycles. The molecule has 0 aliphatic carbocycles. The van der Waals surface area contributed by atoms with E-state index >= 15 is 0 Å². The van der Waals surface area contributed by atoms with Crippen molar-refractivity contribution in [1.82, 2.24) is 4.90 Å². The van der Waals surface area contributed by atoms with Crippen molar-refractivity contribution in [2.24, 2.45) is 0 Å². The molecule has 0 aromatic heterocycles. The van der Waals surface area contributed by atoms with E-state index in [2.05, 4.69) is 12.1 Å². The van der Waals surface area contributed by atoms with Crippen LogP contribution < -0.4 is 0 Å². The van der Waals surface area contributed by atoms with Crippen LogP contribution >= 0.6 is 0 Å². The van der Waals surface area contributed by atoms with Crippen LogP contribution in [-0.2, 0) is 16.0 Å². The third-order valence-corrected chi connectivity index (χ3v) is 2.82. The molecule has 19 heavy (non-hydrogen) atoms. The highest BCUT2D eigenvalue weighted by molar-refractivity contribution is 5.75. The lowest BCUT2D eigenvalue weighted by Gasteiger charge is -2.15. The van der Waals surface area contributed by atoms with Gasteiger partial charge in [0.25, 0.3) is 0 Å². The standard InChI is InChI=1S/C15H20N2O2/c1-17(11-5-10-16)15(18)9-13-19-12-8-14-6-3-2-4-7-14/h2-4,6-7H,5,8-9,11-13H2,1H3. The summed E-state index contributed by atoms with van der Waals surface area (Å²) < 4.78 is 5.45. The third kappa shape index (κ3) is 6.58. The quantitative estimate of drug-likeness (QED) is 0.672. The topological polar surface area (TPSA) is 53.3 Å². The zero-order valence-electron chi connectivity index (χ0n) is 11.3. The van der Waals surface area contributed by atoms with E-state index < -0.39 is 0 Å². The number of nitriles is 1. The molecule has 1 amide bonds. The Labute approximate surface area is 114 Å². The fraction of sp³-hybridized carbons (Fsp3) is 0.467. The second-order valence-corrected chi connectivity index (χ2v) is 4.32. The highest BCUT2D eigenvalue weighted by Crippen LogP contribution is 2.00. The molecule has 1 rings (SSSR count). The number of carbonyl (C=O) groups is 1. The van der Waals surface area contributed by atoms with Gasteiger partial charge in [-0.3, -0.25) is 4.79 Å². The summed E-state index contributed by atoms with van der Waals surface area (Å²) in [5.41, 5.74) is 1.24. The van der Waals surface area contributed by atoms with Crippen LogP contribution in [0.15, 0.2) is 30.3 Å². The van der Waals surface area contributed by atoms with Crippen molar-refractivity contribution in [1.29, 1.82) is 5.26 Å². The lowest BCUT2D eigenvalue weighted by molar-refractivity contribution is -0.130. The van der Waals surface area contributed by atoms with Crippen molar-refractivity contribution in [3.63, 3.8) is 0 Å². The summed E-state index contributed by atoms with van der Waals surface area (Å²) in [5, 5.41) is 8.44. The summed E-state index contributed by atoms with van der Waals surface area (Å²) in [7, 11) is 1.71. The average molecular weight is 260 g/mol. The smallest absolute Gasteiger partial charge is 0.224 e. The average Bonchev–Trinajstić information content (AvgIpc) is 2.45. The number of ether oxygens (including phenoxy) is 1. The minimum atomic E-state index is 0.0231. The Hall–Kier alpha value is -1.86. The van der Waals surface area contributed by atoms with Gasteiger partial charge in [-0.2, -0.15) is 5.26 Å². The molecule has 0 saturated heterocycles. The Morgan fingerprint density at radius 2 is 2.05 bits per heavy atom. The van der Waals surface area contributed by atoms with Gasteiger partial charge in [-0.05, 0) is 12.0 Å². The third-order valence-electron chi connectivity index (χ3n) is 2.82. The first-order valence-electron chi connectivity index (χ1n) is 6.46. The van der Waals surface area contributed by atoms with E-state index in [1.807, 2.05) is 24.3 Å². The molecule has 0 spiro atoms. The molecule has 4 nitrogen and oxygen atoms in total. The van der Waals surface area contributed by atoms with Crippen molar-refractivity contribution >= 4 is 5.91 Å². The first-order chi connectivity index (χ1) is 9.24. The molecule has 4 heteroatoms. The summed E-state index contributed by atoms with van der Waals surface area (Å²) in [4.78, 5) is 13.2. The van der Waals surface area contributed by atoms with Crippen molar-refractivity contribution in [2.45, 2.75) is 19.3 Å². The zero-order chi connectivity index (χ0) is 13.9. The molecule has 0 radical (unpaired) electrons. The van der Waals surface area contributed by atoms with Gasteiger partial charge in [-0.1, -0.05) is 30.3 Å². The lowest BCUT2D eigenvalue weighted by Crippen LogP contribution is -2.28. The minimum absolute atomic E-state index is 0.0231. The van der Waals surface area contributed by atoms with E-state index in [1.54, 1.807) is 11.9 Å². The molecule has 0 aliphatic rings. The van der Waals surface area contributed by atoms with Crippen molar-refractivity contribution in [2.75, 3.05) is 26.8 Å². The first kappa shape index (κ1) is 15.2. The Morgan fingerprint density at radius 1 is 1.32 bits per heavy atom. The summed E-state index contributed by atoms with van der Waals surface area (Å²) in [6.07, 6.45) is 1.60. The van der Waals surface area contributed by atoms with Gasteiger partial charge in [0.2, 0.25) is 5.91 Å². The zero-order valence-corrected chi connectivity index (χ0v) is 11.3. The minimum Gasteiger partial charge on any atom is -0.381 e. The Bertz CT molecular complexity index is 412. The highest BCUT2D eigenvalue weighted by atomic mass is 16.5. The van der Waals surface area contributed by atoms with Crippen LogP contribution in [0.1, 0.15) is 18.4 Å². The van der Waals surface area contributed by atoms with Gasteiger partial charge in [0.05, 0.1) is 32.1 Å². The van der Waals surface area contributed by atoms with Crippen LogP contribution in [0.5, 0.6) is 0 Å². The van der Waals surface area contributed by atoms with Gasteiger partial charge in [0.15, 0.2) is 0 Å². The predicted octanol–water partition coefficient (Wildman–Crippen LogP) is 2.01. The van der Waals surface area contributed by atoms with Crippen LogP contribution in [0.2, 0.25) is 0 Å². The number of benzene rings is 1. The second kappa shape index (κ2) is 9.12. The Balaban J connectivity index is 2.07. The summed E-state index contributed by atoms with van der Waals surface area (Å²) in [6, 6.07) is 12.1. The fourth-order valence-electron chi connectivity index (χ4n) is 1.63. The molecular formula is C15H20N2O2. The maximum Gasteiger partial charge on any atom is 0.224 e. The van der Waals surface area contributed by atoms with E-state index in [1.165, 1.54) is 5.56 Å². The number of hydrogen-bond donors (Lipinski definition) is 0. The molecule has 0 unspecified atom stereocenters. The van der Waals surface area contributed by atoms with Gasteiger partial charge in [-0.25, -0.2) is 0 Å². The number of nitrogens with zero attached hydrogens (tertiary/aromatic N) is 2. The number of carbonyl (C=O) groups excluding carboxylic acids is 1. The molecular weight excluding hydrogens is 240 g/mol. The van der Waals surface area contributed by atoms with Crippen LogP contribution in [0.25, 0.3) is 0 Å². The lowest BCUT2D eigenvalue weighted by atomic mass is 10.2. The van der Waals surface area contributed by atoms with Crippen LogP contribution in [0, 0.1) is 11.3 Å². The second-order valence-electron chi connectivity index (χ2n) is 4.32. The molecule has 0 fully saturated rings. The molecule has 1 aromatic rings. The van der Waals surface area contributed by atoms with E-state index in [0.717, 1.165) is 6.42 Å². The Kier molecular flexibility index (Phi) is 7.30. The maximum absolute atomic E-state index is 11.6. The van der Waals surface area contributed by atoms with E-state index in [4.69, 9.17) is 10.00 Å². The van der Waals surface area contributed by atoms with Crippen molar-refractivity contribution < 1.29 is 9.53 Å². The van der Waals surface area contributed by atoms with E-state index in [9.17, 15) is 4.79 Å². The van der Waals surface area contributed by atoms with Gasteiger partial charge in [-0.15, -0.1) is 0 Å². The van der Waals surface area contributed by atoms with Crippen molar-refractivity contribution in [3.8, 4) is 6.07 Å². The Morgan fingerprint density at radius 3 is 2.74 bits per heavy atom. The van der Waals surface area contributed by atoms with Gasteiger partial charge in [0.1, 0.15) is 0 Å². The molecule has 0 atom stereocenters. The van der Waals surface area contributed by atoms with Crippen molar-refractivity contribution in [3.05, 3.63) is 35.9 Å². The SMILES string of the molecule is CN(CCC#N)C(=O)CCOCCc1ccccc1. The van der Waals surface area contributed by atoms with E-state index in [-0.39, 0.29) is 5.91 Å². The predicted molar refractivity (Wildman–Crippen MR) is 73.4 cm³/mol. The molecule has 102 valence electrons. The number of hydrogen-bond acceptors (Lipinski definition) is 3. The molecule has 1 aromatic carbocycles. The largest absolute Gasteiger partial charge is 0.381 e. The van der Waals surface area contributed by atoms with Gasteiger partial charge < -0.3 is 9.64 Å². The normalized spacial score (nSPS) is 9.89. The summed E-state index contributed by atoms with van der Waals surface area (Å²) in [6.45, 7) is 1.54. The molecule has 0 N–H and O–H groups in total. The summed E-state index contributed by atoms with van der Waals surface area (Å²) >= 11 is 0. The number of rotatable bonds is 8. The highest BCUT2D eigenvalue weighted by Gasteiger charge is 2.07. The van der Waals surface area contributed by atoms with Gasteiger partial charge >= 0.3 is 0 Å². The van der Waals surface area contributed by atoms with E-state index in [0.29, 0.717) is 32.6 Å². The number of amides is 1. The van der Waals surface area contributed by atoms with Crippen LogP contribution in [0.4, 0.5) is 0 Å². The monoisotopic (exact) mass is 260 g/mol. The van der Waals surface area contributed by atoms with Crippen LogP contribution in [0.3, 0.4) is 0 Å². The maximum atomic E-state index is 11.6. The van der Waals surface area contributed by atoms with Crippen LogP contribution in [-0.4, -0.2) is 37.6 Å². The fourth-order valence-corrected chi connectivity index (χ4v) is 1.63. The molecule has 0 saturated carbocycles.